The van der Waals surface area contributed by atoms with E-state index in [9.17, 15) is 14.9 Å². The monoisotopic (exact) mass is 364 g/mol. The van der Waals surface area contributed by atoms with E-state index in [0.717, 1.165) is 0 Å². The number of benzene rings is 2. The topological polar surface area (TPSA) is 81.5 Å². The highest BCUT2D eigenvalue weighted by Gasteiger charge is 2.21. The van der Waals surface area contributed by atoms with Crippen LogP contribution in [0.4, 0.5) is 11.4 Å². The summed E-state index contributed by atoms with van der Waals surface area (Å²) in [6.45, 7) is 0. The molecule has 0 aromatic heterocycles. The van der Waals surface area contributed by atoms with Gasteiger partial charge in [-0.3, -0.25) is 14.9 Å². The average Bonchev–Trinajstić information content (AvgIpc) is 2.51. The number of nitrogens with zero attached hydrogens (tertiary/aromatic N) is 1. The van der Waals surface area contributed by atoms with Crippen LogP contribution < -0.4 is 5.32 Å². The van der Waals surface area contributed by atoms with Crippen LogP contribution in [0.1, 0.15) is 11.7 Å². The highest BCUT2D eigenvalue weighted by Crippen LogP contribution is 2.28. The Balaban J connectivity index is 2.21. The van der Waals surface area contributed by atoms with Crippen molar-refractivity contribution in [3.8, 4) is 0 Å². The minimum Gasteiger partial charge on any atom is -0.367 e. The third-order valence-electron chi connectivity index (χ3n) is 2.99. The fraction of sp³-hybridized carbons (Fsp3) is 0.133. The van der Waals surface area contributed by atoms with Crippen molar-refractivity contribution >= 4 is 33.2 Å². The largest absolute Gasteiger partial charge is 0.367 e. The molecule has 2 aromatic rings. The number of halogens is 1. The first-order chi connectivity index (χ1) is 10.5. The van der Waals surface area contributed by atoms with Crippen LogP contribution in [0.2, 0.25) is 0 Å². The van der Waals surface area contributed by atoms with Crippen LogP contribution in [0.15, 0.2) is 53.0 Å². The molecule has 1 amide bonds. The summed E-state index contributed by atoms with van der Waals surface area (Å²) in [7, 11) is 1.43. The van der Waals surface area contributed by atoms with Gasteiger partial charge in [0.05, 0.1) is 9.40 Å². The molecule has 2 aromatic carbocycles. The first-order valence-electron chi connectivity index (χ1n) is 6.35. The number of nitro benzene ring substituents is 1. The first-order valence-corrected chi connectivity index (χ1v) is 7.14. The number of nitrogens with one attached hydrogen (secondary N) is 1. The van der Waals surface area contributed by atoms with E-state index in [1.54, 1.807) is 30.3 Å². The number of rotatable bonds is 5. The maximum Gasteiger partial charge on any atom is 0.285 e. The minimum absolute atomic E-state index is 0.119. The van der Waals surface area contributed by atoms with Gasteiger partial charge in [0.2, 0.25) is 0 Å². The summed E-state index contributed by atoms with van der Waals surface area (Å²) in [5, 5.41) is 13.5. The van der Waals surface area contributed by atoms with Crippen LogP contribution >= 0.6 is 15.9 Å². The summed E-state index contributed by atoms with van der Waals surface area (Å²) in [6, 6.07) is 13.4. The molecule has 22 heavy (non-hydrogen) atoms. The fourth-order valence-corrected chi connectivity index (χ4v) is 2.35. The van der Waals surface area contributed by atoms with Crippen molar-refractivity contribution in [1.82, 2.24) is 0 Å². The molecule has 1 N–H and O–H groups in total. The molecule has 0 aliphatic carbocycles. The molecule has 0 spiro atoms. The highest BCUT2D eigenvalue weighted by atomic mass is 79.9. The summed E-state index contributed by atoms with van der Waals surface area (Å²) in [4.78, 5) is 22.7. The number of methoxy groups -OCH3 is 1. The normalized spacial score (nSPS) is 11.7. The predicted molar refractivity (Wildman–Crippen MR) is 85.6 cm³/mol. The predicted octanol–water partition coefficient (Wildman–Crippen LogP) is 3.68. The summed E-state index contributed by atoms with van der Waals surface area (Å²) in [5.41, 5.74) is 0.915. The number of hydrogen-bond acceptors (Lipinski definition) is 4. The third kappa shape index (κ3) is 3.69. The zero-order valence-electron chi connectivity index (χ0n) is 11.7. The van der Waals surface area contributed by atoms with Crippen LogP contribution in [0.5, 0.6) is 0 Å². The van der Waals surface area contributed by atoms with Crippen LogP contribution in [-0.4, -0.2) is 17.9 Å². The van der Waals surface area contributed by atoms with Gasteiger partial charge in [-0.1, -0.05) is 30.3 Å². The van der Waals surface area contributed by atoms with E-state index in [-0.39, 0.29) is 5.69 Å². The van der Waals surface area contributed by atoms with E-state index in [2.05, 4.69) is 21.2 Å². The molecule has 0 radical (unpaired) electrons. The molecule has 0 unspecified atom stereocenters. The van der Waals surface area contributed by atoms with Crippen molar-refractivity contribution in [3.05, 3.63) is 68.7 Å². The molecular weight excluding hydrogens is 352 g/mol. The summed E-state index contributed by atoms with van der Waals surface area (Å²) in [5.74, 6) is -0.398. The Hall–Kier alpha value is -2.25. The van der Waals surface area contributed by atoms with Crippen molar-refractivity contribution in [2.75, 3.05) is 12.4 Å². The third-order valence-corrected chi connectivity index (χ3v) is 3.66. The van der Waals surface area contributed by atoms with Gasteiger partial charge in [0.1, 0.15) is 0 Å². The van der Waals surface area contributed by atoms with Gasteiger partial charge in [-0.15, -0.1) is 0 Å². The lowest BCUT2D eigenvalue weighted by Gasteiger charge is -2.15. The molecular formula is C15H13BrN2O4. The van der Waals surface area contributed by atoms with Gasteiger partial charge in [-0.05, 0) is 33.6 Å². The SMILES string of the molecule is CO[C@@H](C(=O)Nc1ccc(Br)c([N+](=O)[O-])c1)c1ccccc1. The quantitative estimate of drug-likeness (QED) is 0.647. The van der Waals surface area contributed by atoms with Crippen molar-refractivity contribution in [2.24, 2.45) is 0 Å². The van der Waals surface area contributed by atoms with E-state index in [1.807, 2.05) is 6.07 Å². The fourth-order valence-electron chi connectivity index (χ4n) is 1.96. The van der Waals surface area contributed by atoms with Crippen molar-refractivity contribution < 1.29 is 14.5 Å². The van der Waals surface area contributed by atoms with Crippen LogP contribution in [0.25, 0.3) is 0 Å². The molecule has 0 saturated heterocycles. The second kappa shape index (κ2) is 7.15. The highest BCUT2D eigenvalue weighted by molar-refractivity contribution is 9.10. The lowest BCUT2D eigenvalue weighted by molar-refractivity contribution is -0.385. The van der Waals surface area contributed by atoms with E-state index in [4.69, 9.17) is 4.74 Å². The Labute approximate surface area is 135 Å². The Morgan fingerprint density at radius 1 is 1.27 bits per heavy atom. The Kier molecular flexibility index (Phi) is 5.24. The summed E-state index contributed by atoms with van der Waals surface area (Å²) >= 11 is 3.10. The molecule has 6 nitrogen and oxygen atoms in total. The molecule has 0 aliphatic rings. The van der Waals surface area contributed by atoms with E-state index in [0.29, 0.717) is 15.7 Å². The average molecular weight is 365 g/mol. The Morgan fingerprint density at radius 2 is 1.95 bits per heavy atom. The lowest BCUT2D eigenvalue weighted by Crippen LogP contribution is -2.22. The van der Waals surface area contributed by atoms with Crippen molar-refractivity contribution in [3.63, 3.8) is 0 Å². The van der Waals surface area contributed by atoms with Crippen molar-refractivity contribution in [1.29, 1.82) is 0 Å². The van der Waals surface area contributed by atoms with Gasteiger partial charge in [-0.2, -0.15) is 0 Å². The summed E-state index contributed by atoms with van der Waals surface area (Å²) in [6.07, 6.45) is -0.788. The number of nitro groups is 1. The van der Waals surface area contributed by atoms with Crippen LogP contribution in [0, 0.1) is 10.1 Å². The number of carbonyl (C=O) groups is 1. The number of carbonyl (C=O) groups excluding carboxylic acids is 1. The maximum absolute atomic E-state index is 12.3. The lowest BCUT2D eigenvalue weighted by atomic mass is 10.1. The van der Waals surface area contributed by atoms with Gasteiger partial charge in [0.25, 0.3) is 11.6 Å². The molecule has 1 atom stereocenters. The zero-order valence-corrected chi connectivity index (χ0v) is 13.2. The van der Waals surface area contributed by atoms with Crippen LogP contribution in [-0.2, 0) is 9.53 Å². The van der Waals surface area contributed by atoms with E-state index >= 15 is 0 Å². The van der Waals surface area contributed by atoms with E-state index < -0.39 is 16.9 Å². The Morgan fingerprint density at radius 3 is 2.55 bits per heavy atom. The van der Waals surface area contributed by atoms with Gasteiger partial charge in [0.15, 0.2) is 6.10 Å². The molecule has 0 heterocycles. The number of amides is 1. The number of hydrogen-bond donors (Lipinski definition) is 1. The molecule has 7 heteroatoms. The minimum atomic E-state index is -0.788. The number of ether oxygens (including phenoxy) is 1. The smallest absolute Gasteiger partial charge is 0.285 e. The second-order valence-electron chi connectivity index (χ2n) is 4.44. The van der Waals surface area contributed by atoms with Gasteiger partial charge >= 0.3 is 0 Å². The second-order valence-corrected chi connectivity index (χ2v) is 5.29. The van der Waals surface area contributed by atoms with E-state index in [1.165, 1.54) is 19.2 Å². The standard InChI is InChI=1S/C15H13BrN2O4/c1-22-14(10-5-3-2-4-6-10)15(19)17-11-7-8-12(16)13(9-11)18(20)21/h2-9,14H,1H3,(H,17,19)/t14-/m1/s1. The first kappa shape index (κ1) is 16.1. The van der Waals surface area contributed by atoms with Gasteiger partial charge < -0.3 is 10.1 Å². The van der Waals surface area contributed by atoms with Gasteiger partial charge in [-0.25, -0.2) is 0 Å². The van der Waals surface area contributed by atoms with Gasteiger partial charge in [0, 0.05) is 18.9 Å². The molecule has 0 bridgehead atoms. The summed E-state index contributed by atoms with van der Waals surface area (Å²) < 4.78 is 5.57. The Bertz CT molecular complexity index is 691. The molecule has 0 saturated carbocycles. The molecule has 114 valence electrons. The zero-order chi connectivity index (χ0) is 16.1. The molecule has 2 rings (SSSR count). The molecule has 0 aliphatic heterocycles. The number of anilines is 1. The van der Waals surface area contributed by atoms with Crippen LogP contribution in [0.3, 0.4) is 0 Å². The molecule has 0 fully saturated rings. The maximum atomic E-state index is 12.3. The van der Waals surface area contributed by atoms with Crippen molar-refractivity contribution in [2.45, 2.75) is 6.10 Å².